The Morgan fingerprint density at radius 3 is 2.09 bits per heavy atom. The van der Waals surface area contributed by atoms with Crippen LogP contribution in [0.4, 0.5) is 34.1 Å². The van der Waals surface area contributed by atoms with Gasteiger partial charge in [-0.25, -0.2) is 0 Å². The van der Waals surface area contributed by atoms with Crippen molar-refractivity contribution in [3.05, 3.63) is 170 Å². The average Bonchev–Trinajstić information content (AvgIpc) is 3.79. The maximum Gasteiger partial charge on any atom is 0.155 e. The van der Waals surface area contributed by atoms with Crippen LogP contribution in [0.1, 0.15) is 6.92 Å². The number of para-hydroxylation sites is 4. The maximum atomic E-state index is 6.65. The van der Waals surface area contributed by atoms with Crippen molar-refractivity contribution < 1.29 is 9.47 Å². The van der Waals surface area contributed by atoms with Gasteiger partial charge < -0.3 is 18.9 Å². The molecule has 0 fully saturated rings. The molecule has 0 spiro atoms. The van der Waals surface area contributed by atoms with Gasteiger partial charge in [-0.15, -0.1) is 11.3 Å². The van der Waals surface area contributed by atoms with Crippen molar-refractivity contribution in [3.8, 4) is 34.1 Å². The molecule has 0 N–H and O–H groups in total. The zero-order valence-corrected chi connectivity index (χ0v) is 31.3. The van der Waals surface area contributed by atoms with E-state index in [1.165, 1.54) is 42.0 Å². The molecule has 0 saturated carbocycles. The predicted molar refractivity (Wildman–Crippen MR) is 233 cm³/mol. The van der Waals surface area contributed by atoms with E-state index in [0.29, 0.717) is 0 Å². The molecule has 8 aromatic carbocycles. The van der Waals surface area contributed by atoms with Gasteiger partial charge in [0, 0.05) is 59.9 Å². The van der Waals surface area contributed by atoms with Crippen molar-refractivity contribution in [2.24, 2.45) is 0 Å². The second-order valence-electron chi connectivity index (χ2n) is 14.4. The SMILES string of the molecule is CCn1c2ccccc2c2cc(N(c3cccc(-c4ccc5c(c4)Oc4cccc6c4N5c4ccccc4O6)c3)c3cccc4sc5ccccc5c34)ccc21. The van der Waals surface area contributed by atoms with Crippen molar-refractivity contribution >= 4 is 87.4 Å². The highest BCUT2D eigenvalue weighted by Crippen LogP contribution is 2.60. The van der Waals surface area contributed by atoms with Crippen LogP contribution in [0.15, 0.2) is 170 Å². The zero-order chi connectivity index (χ0) is 36.9. The van der Waals surface area contributed by atoms with Crippen molar-refractivity contribution in [3.63, 3.8) is 0 Å². The lowest BCUT2D eigenvalue weighted by atomic mass is 10.0. The molecular formula is C50H33N3O2S. The normalized spacial score (nSPS) is 12.7. The lowest BCUT2D eigenvalue weighted by Gasteiger charge is -2.37. The molecule has 0 atom stereocenters. The van der Waals surface area contributed by atoms with Crippen LogP contribution in [0.5, 0.6) is 23.0 Å². The molecule has 2 aliphatic heterocycles. The van der Waals surface area contributed by atoms with Gasteiger partial charge in [0.05, 0.1) is 17.1 Å². The molecule has 0 radical (unpaired) electrons. The molecule has 2 aliphatic rings. The topological polar surface area (TPSA) is 29.9 Å². The third-order valence-corrected chi connectivity index (χ3v) is 12.5. The largest absolute Gasteiger partial charge is 0.453 e. The highest BCUT2D eigenvalue weighted by Gasteiger charge is 2.34. The van der Waals surface area contributed by atoms with Crippen LogP contribution in [0.3, 0.4) is 0 Å². The third kappa shape index (κ3) is 4.54. The molecule has 0 aliphatic carbocycles. The second kappa shape index (κ2) is 12.0. The van der Waals surface area contributed by atoms with E-state index in [1.54, 1.807) is 0 Å². The van der Waals surface area contributed by atoms with E-state index >= 15 is 0 Å². The molecule has 5 nitrogen and oxygen atoms in total. The first kappa shape index (κ1) is 31.3. The number of nitrogens with zero attached hydrogens (tertiary/aromatic N) is 3. The summed E-state index contributed by atoms with van der Waals surface area (Å²) >= 11 is 1.85. The van der Waals surface area contributed by atoms with Crippen molar-refractivity contribution in [2.75, 3.05) is 9.80 Å². The van der Waals surface area contributed by atoms with E-state index in [9.17, 15) is 0 Å². The molecule has 2 aromatic heterocycles. The standard InChI is InChI=1S/C50H33N3O2S/c1-2-51-38-16-5-3-14-35(38)37-30-34(25-27-39(37)51)52(42-18-10-23-48-49(42)36-15-4-8-22-47(36)56-48)33-13-9-12-31(28-33)32-24-26-41-46(29-32)55-45-21-11-20-44-50(45)53(41)40-17-6-7-19-43(40)54-44/h3-30H,2H2,1H3. The van der Waals surface area contributed by atoms with Gasteiger partial charge in [0.25, 0.3) is 0 Å². The first-order chi connectivity index (χ1) is 27.7. The number of aryl methyl sites for hydroxylation is 1. The number of hydrogen-bond acceptors (Lipinski definition) is 5. The first-order valence-electron chi connectivity index (χ1n) is 19.1. The van der Waals surface area contributed by atoms with Gasteiger partial charge in [0.2, 0.25) is 0 Å². The summed E-state index contributed by atoms with van der Waals surface area (Å²) in [6.07, 6.45) is 0. The van der Waals surface area contributed by atoms with Gasteiger partial charge in [-0.05, 0) is 109 Å². The van der Waals surface area contributed by atoms with Gasteiger partial charge in [-0.1, -0.05) is 78.9 Å². The van der Waals surface area contributed by atoms with Crippen LogP contribution >= 0.6 is 11.3 Å². The fraction of sp³-hybridized carbons (Fsp3) is 0.0400. The fourth-order valence-electron chi connectivity index (χ4n) is 8.90. The highest BCUT2D eigenvalue weighted by atomic mass is 32.1. The maximum absolute atomic E-state index is 6.65. The number of thiophene rings is 1. The summed E-state index contributed by atoms with van der Waals surface area (Å²) in [6, 6.07) is 60.8. The van der Waals surface area contributed by atoms with Crippen LogP contribution in [-0.2, 0) is 6.54 Å². The van der Waals surface area contributed by atoms with Crippen molar-refractivity contribution in [2.45, 2.75) is 13.5 Å². The summed E-state index contributed by atoms with van der Waals surface area (Å²) in [4.78, 5) is 4.71. The Hall–Kier alpha value is -7.02. The molecule has 4 heterocycles. The van der Waals surface area contributed by atoms with Crippen LogP contribution in [0.25, 0.3) is 53.1 Å². The number of ether oxygens (including phenoxy) is 2. The summed E-state index contributed by atoms with van der Waals surface area (Å²) in [5, 5.41) is 5.06. The first-order valence-corrected chi connectivity index (χ1v) is 19.9. The zero-order valence-electron chi connectivity index (χ0n) is 30.4. The summed E-state index contributed by atoms with van der Waals surface area (Å²) in [6.45, 7) is 3.13. The Morgan fingerprint density at radius 1 is 0.500 bits per heavy atom. The quantitative estimate of drug-likeness (QED) is 0.176. The summed E-state index contributed by atoms with van der Waals surface area (Å²) < 4.78 is 17.9. The molecule has 10 aromatic rings. The molecule has 12 rings (SSSR count). The Balaban J connectivity index is 1.04. The van der Waals surface area contributed by atoms with E-state index < -0.39 is 0 Å². The monoisotopic (exact) mass is 739 g/mol. The molecule has 0 bridgehead atoms. The minimum atomic E-state index is 0.775. The van der Waals surface area contributed by atoms with E-state index in [4.69, 9.17) is 9.47 Å². The van der Waals surface area contributed by atoms with E-state index in [1.807, 2.05) is 41.7 Å². The Labute approximate surface area is 327 Å². The van der Waals surface area contributed by atoms with Gasteiger partial charge >= 0.3 is 0 Å². The number of aromatic nitrogens is 1. The minimum absolute atomic E-state index is 0.775. The van der Waals surface area contributed by atoms with Crippen LogP contribution < -0.4 is 19.3 Å². The third-order valence-electron chi connectivity index (χ3n) is 11.3. The Bertz CT molecular complexity index is 3230. The Kier molecular flexibility index (Phi) is 6.71. The minimum Gasteiger partial charge on any atom is -0.453 e. The summed E-state index contributed by atoms with van der Waals surface area (Å²) in [5.41, 5.74) is 10.9. The summed E-state index contributed by atoms with van der Waals surface area (Å²) in [5.74, 6) is 3.19. The van der Waals surface area contributed by atoms with Crippen LogP contribution in [0.2, 0.25) is 0 Å². The average molecular weight is 740 g/mol. The lowest BCUT2D eigenvalue weighted by Crippen LogP contribution is -2.20. The van der Waals surface area contributed by atoms with Crippen LogP contribution in [-0.4, -0.2) is 4.57 Å². The molecule has 0 saturated heterocycles. The van der Waals surface area contributed by atoms with Gasteiger partial charge in [0.1, 0.15) is 5.69 Å². The molecular weight excluding hydrogens is 707 g/mol. The van der Waals surface area contributed by atoms with Gasteiger partial charge in [0.15, 0.2) is 23.0 Å². The van der Waals surface area contributed by atoms with Gasteiger partial charge in [-0.3, -0.25) is 4.90 Å². The molecule has 0 amide bonds. The van der Waals surface area contributed by atoms with Crippen molar-refractivity contribution in [1.82, 2.24) is 4.57 Å². The number of rotatable bonds is 5. The number of hydrogen-bond donors (Lipinski definition) is 0. The smallest absolute Gasteiger partial charge is 0.155 e. The Morgan fingerprint density at radius 2 is 1.18 bits per heavy atom. The van der Waals surface area contributed by atoms with Crippen molar-refractivity contribution in [1.29, 1.82) is 0 Å². The number of anilines is 6. The predicted octanol–water partition coefficient (Wildman–Crippen LogP) is 15.0. The molecule has 266 valence electrons. The molecule has 6 heteroatoms. The lowest BCUT2D eigenvalue weighted by molar-refractivity contribution is 0.446. The molecule has 56 heavy (non-hydrogen) atoms. The van der Waals surface area contributed by atoms with Gasteiger partial charge in [-0.2, -0.15) is 0 Å². The highest BCUT2D eigenvalue weighted by molar-refractivity contribution is 7.26. The van der Waals surface area contributed by atoms with E-state index in [0.717, 1.165) is 74.8 Å². The number of fused-ring (bicyclic) bond motifs is 10. The summed E-state index contributed by atoms with van der Waals surface area (Å²) in [7, 11) is 0. The second-order valence-corrected chi connectivity index (χ2v) is 15.5. The van der Waals surface area contributed by atoms with Crippen LogP contribution in [0, 0.1) is 0 Å². The number of benzene rings is 8. The van der Waals surface area contributed by atoms with E-state index in [-0.39, 0.29) is 0 Å². The molecule has 0 unspecified atom stereocenters. The fourth-order valence-corrected chi connectivity index (χ4v) is 10.0. The van der Waals surface area contributed by atoms with E-state index in [2.05, 4.69) is 161 Å².